The lowest BCUT2D eigenvalue weighted by atomic mass is 10.0. The molecule has 0 aliphatic carbocycles. The zero-order valence-electron chi connectivity index (χ0n) is 16.8. The van der Waals surface area contributed by atoms with Crippen molar-refractivity contribution in [2.45, 2.75) is 6.92 Å². The minimum absolute atomic E-state index is 0.170. The van der Waals surface area contributed by atoms with Gasteiger partial charge in [-0.2, -0.15) is 0 Å². The van der Waals surface area contributed by atoms with Gasteiger partial charge in [0.05, 0.1) is 48.2 Å². The van der Waals surface area contributed by atoms with E-state index in [1.807, 2.05) is 0 Å². The van der Waals surface area contributed by atoms with E-state index in [2.05, 4.69) is 0 Å². The Morgan fingerprint density at radius 3 is 2.27 bits per heavy atom. The number of allylic oxidation sites excluding steroid dienone is 1. The fraction of sp³-hybridized carbons (Fsp3) is 0.182. The van der Waals surface area contributed by atoms with Crippen molar-refractivity contribution in [3.63, 3.8) is 0 Å². The summed E-state index contributed by atoms with van der Waals surface area (Å²) in [6, 6.07) is 10.0. The largest absolute Gasteiger partial charge is 0.493 e. The van der Waals surface area contributed by atoms with Gasteiger partial charge in [0.1, 0.15) is 0 Å². The highest BCUT2D eigenvalue weighted by atomic mass is 35.5. The maximum atomic E-state index is 13.3. The van der Waals surface area contributed by atoms with Gasteiger partial charge in [-0.25, -0.2) is 4.79 Å². The first-order valence-corrected chi connectivity index (χ1v) is 9.60. The number of hydrogen-bond acceptors (Lipinski definition) is 5. The number of carbonyl (C=O) groups excluding carboxylic acids is 2. The monoisotopic (exact) mass is 447 g/mol. The summed E-state index contributed by atoms with van der Waals surface area (Å²) in [5, 5.41) is 0.662. The van der Waals surface area contributed by atoms with Gasteiger partial charge in [-0.05, 0) is 48.9 Å². The van der Waals surface area contributed by atoms with Gasteiger partial charge in [-0.1, -0.05) is 29.3 Å². The molecule has 156 valence electrons. The summed E-state index contributed by atoms with van der Waals surface area (Å²) >= 11 is 12.1. The first kappa shape index (κ1) is 21.7. The molecule has 1 aliphatic heterocycles. The zero-order chi connectivity index (χ0) is 22.0. The Hall–Kier alpha value is -2.96. The number of rotatable bonds is 5. The first-order valence-electron chi connectivity index (χ1n) is 8.85. The van der Waals surface area contributed by atoms with Crippen molar-refractivity contribution >= 4 is 46.8 Å². The van der Waals surface area contributed by atoms with Crippen LogP contribution in [0.3, 0.4) is 0 Å². The lowest BCUT2D eigenvalue weighted by molar-refractivity contribution is -0.136. The quantitative estimate of drug-likeness (QED) is 0.482. The molecule has 0 saturated carbocycles. The maximum Gasteiger partial charge on any atom is 0.340 e. The molecule has 2 aromatic rings. The van der Waals surface area contributed by atoms with Crippen LogP contribution in [0, 0.1) is 0 Å². The van der Waals surface area contributed by atoms with Crippen molar-refractivity contribution in [3.05, 3.63) is 68.9 Å². The van der Waals surface area contributed by atoms with Crippen LogP contribution < -0.4 is 14.4 Å². The Morgan fingerprint density at radius 2 is 1.67 bits per heavy atom. The number of esters is 1. The second-order valence-corrected chi connectivity index (χ2v) is 7.18. The Balaban J connectivity index is 2.14. The minimum atomic E-state index is -0.616. The van der Waals surface area contributed by atoms with Gasteiger partial charge >= 0.3 is 5.97 Å². The smallest absolute Gasteiger partial charge is 0.340 e. The van der Waals surface area contributed by atoms with Crippen molar-refractivity contribution in [2.75, 3.05) is 26.2 Å². The Labute approximate surface area is 184 Å². The average Bonchev–Trinajstić information content (AvgIpc) is 2.99. The van der Waals surface area contributed by atoms with Gasteiger partial charge in [0, 0.05) is 5.70 Å². The number of carbonyl (C=O) groups is 2. The van der Waals surface area contributed by atoms with Crippen LogP contribution in [0.5, 0.6) is 11.5 Å². The van der Waals surface area contributed by atoms with E-state index in [-0.39, 0.29) is 17.1 Å². The predicted molar refractivity (Wildman–Crippen MR) is 116 cm³/mol. The van der Waals surface area contributed by atoms with Crippen molar-refractivity contribution in [2.24, 2.45) is 0 Å². The SMILES string of the molecule is COC(=O)C1=C(C)N(c2ccc(Cl)c(Cl)c2)C(=O)/C1=C\c1ccc(OC)c(OC)c1. The number of halogens is 2. The van der Waals surface area contributed by atoms with Gasteiger partial charge in [0.2, 0.25) is 0 Å². The molecule has 0 radical (unpaired) electrons. The molecule has 6 nitrogen and oxygen atoms in total. The lowest BCUT2D eigenvalue weighted by Gasteiger charge is -2.18. The minimum Gasteiger partial charge on any atom is -0.493 e. The summed E-state index contributed by atoms with van der Waals surface area (Å²) in [4.78, 5) is 27.2. The third kappa shape index (κ3) is 3.88. The number of nitrogens with zero attached hydrogens (tertiary/aromatic N) is 1. The predicted octanol–water partition coefficient (Wildman–Crippen LogP) is 4.89. The molecule has 1 aliphatic rings. The van der Waals surface area contributed by atoms with Crippen LogP contribution >= 0.6 is 23.2 Å². The van der Waals surface area contributed by atoms with Gasteiger partial charge in [-0.3, -0.25) is 9.69 Å². The third-order valence-corrected chi connectivity index (χ3v) is 5.41. The molecule has 0 N–H and O–H groups in total. The number of ether oxygens (including phenoxy) is 3. The summed E-state index contributed by atoms with van der Waals surface area (Å²) in [5.41, 5.74) is 1.93. The number of amides is 1. The molecule has 0 unspecified atom stereocenters. The molecule has 0 aromatic heterocycles. The van der Waals surface area contributed by atoms with Crippen LogP contribution in [-0.4, -0.2) is 33.2 Å². The molecule has 0 saturated heterocycles. The Morgan fingerprint density at radius 1 is 0.967 bits per heavy atom. The highest BCUT2D eigenvalue weighted by molar-refractivity contribution is 6.42. The normalized spacial score (nSPS) is 15.1. The van der Waals surface area contributed by atoms with E-state index in [0.717, 1.165) is 0 Å². The summed E-state index contributed by atoms with van der Waals surface area (Å²) < 4.78 is 15.5. The molecular weight excluding hydrogens is 429 g/mol. The molecular formula is C22H19Cl2NO5. The molecule has 0 spiro atoms. The molecule has 8 heteroatoms. The van der Waals surface area contributed by atoms with Crippen LogP contribution in [0.4, 0.5) is 5.69 Å². The topological polar surface area (TPSA) is 65.1 Å². The summed E-state index contributed by atoms with van der Waals surface area (Å²) in [6.45, 7) is 1.67. The van der Waals surface area contributed by atoms with Crippen LogP contribution in [0.2, 0.25) is 10.0 Å². The van der Waals surface area contributed by atoms with E-state index in [0.29, 0.717) is 38.5 Å². The molecule has 1 amide bonds. The number of anilines is 1. The van der Waals surface area contributed by atoms with E-state index in [9.17, 15) is 9.59 Å². The standard InChI is InChI=1S/C22H19Cl2NO5/c1-12-20(22(27)30-4)15(9-13-5-8-18(28-2)19(10-13)29-3)21(26)25(12)14-6-7-16(23)17(24)11-14/h5-11H,1-4H3/b15-9-. The molecule has 30 heavy (non-hydrogen) atoms. The summed E-state index contributed by atoms with van der Waals surface area (Å²) in [6.07, 6.45) is 1.61. The molecule has 0 fully saturated rings. The molecule has 1 heterocycles. The number of methoxy groups -OCH3 is 3. The Bertz CT molecular complexity index is 1090. The van der Waals surface area contributed by atoms with E-state index in [1.165, 1.54) is 26.2 Å². The summed E-state index contributed by atoms with van der Waals surface area (Å²) in [5.74, 6) is 0.0462. The van der Waals surface area contributed by atoms with Crippen molar-refractivity contribution in [1.29, 1.82) is 0 Å². The van der Waals surface area contributed by atoms with Crippen molar-refractivity contribution in [1.82, 2.24) is 0 Å². The second kappa shape index (κ2) is 8.81. The van der Waals surface area contributed by atoms with E-state index < -0.39 is 5.97 Å². The number of hydrogen-bond donors (Lipinski definition) is 0. The van der Waals surface area contributed by atoms with E-state index in [4.69, 9.17) is 37.4 Å². The Kier molecular flexibility index (Phi) is 6.39. The highest BCUT2D eigenvalue weighted by Gasteiger charge is 2.38. The van der Waals surface area contributed by atoms with Gasteiger partial charge in [0.25, 0.3) is 5.91 Å². The fourth-order valence-corrected chi connectivity index (χ4v) is 3.52. The van der Waals surface area contributed by atoms with Crippen molar-refractivity contribution in [3.8, 4) is 11.5 Å². The molecule has 0 bridgehead atoms. The van der Waals surface area contributed by atoms with Gasteiger partial charge < -0.3 is 14.2 Å². The van der Waals surface area contributed by atoms with Crippen LogP contribution in [0.25, 0.3) is 6.08 Å². The van der Waals surface area contributed by atoms with Gasteiger partial charge in [-0.15, -0.1) is 0 Å². The summed E-state index contributed by atoms with van der Waals surface area (Å²) in [7, 11) is 4.32. The average molecular weight is 448 g/mol. The van der Waals surface area contributed by atoms with Crippen LogP contribution in [0.15, 0.2) is 53.2 Å². The molecule has 0 atom stereocenters. The maximum absolute atomic E-state index is 13.3. The van der Waals surface area contributed by atoms with E-state index in [1.54, 1.807) is 49.4 Å². The van der Waals surface area contributed by atoms with E-state index >= 15 is 0 Å². The number of benzene rings is 2. The third-order valence-electron chi connectivity index (χ3n) is 4.67. The highest BCUT2D eigenvalue weighted by Crippen LogP contribution is 2.38. The molecule has 3 rings (SSSR count). The second-order valence-electron chi connectivity index (χ2n) is 6.36. The lowest BCUT2D eigenvalue weighted by Crippen LogP contribution is -2.24. The fourth-order valence-electron chi connectivity index (χ4n) is 3.22. The zero-order valence-corrected chi connectivity index (χ0v) is 18.3. The van der Waals surface area contributed by atoms with Crippen LogP contribution in [0.1, 0.15) is 12.5 Å². The van der Waals surface area contributed by atoms with Crippen LogP contribution in [-0.2, 0) is 14.3 Å². The van der Waals surface area contributed by atoms with Gasteiger partial charge in [0.15, 0.2) is 11.5 Å². The molecule has 2 aromatic carbocycles. The first-order chi connectivity index (χ1) is 14.3. The van der Waals surface area contributed by atoms with Crippen molar-refractivity contribution < 1.29 is 23.8 Å².